The van der Waals surface area contributed by atoms with E-state index in [1.54, 1.807) is 25.1 Å². The van der Waals surface area contributed by atoms with Crippen molar-refractivity contribution in [2.24, 2.45) is 0 Å². The smallest absolute Gasteiger partial charge is 0.406 e. The van der Waals surface area contributed by atoms with Gasteiger partial charge in [-0.3, -0.25) is 4.90 Å². The van der Waals surface area contributed by atoms with Gasteiger partial charge in [-0.05, 0) is 19.1 Å². The summed E-state index contributed by atoms with van der Waals surface area (Å²) >= 11 is 6.18. The second kappa shape index (κ2) is 6.29. The van der Waals surface area contributed by atoms with Crippen molar-refractivity contribution in [3.05, 3.63) is 29.3 Å². The van der Waals surface area contributed by atoms with Crippen LogP contribution in [0.15, 0.2) is 24.3 Å². The molecule has 1 aliphatic heterocycles. The monoisotopic (exact) mass is 334 g/mol. The van der Waals surface area contributed by atoms with Gasteiger partial charge in [0, 0.05) is 25.0 Å². The molecule has 1 aromatic heterocycles. The summed E-state index contributed by atoms with van der Waals surface area (Å²) in [7, 11) is 0. The first-order chi connectivity index (χ1) is 11.1. The zero-order valence-corrected chi connectivity index (χ0v) is 13.2. The van der Waals surface area contributed by atoms with Crippen molar-refractivity contribution in [3.63, 3.8) is 0 Å². The first-order valence-corrected chi connectivity index (χ1v) is 7.58. The number of carbonyl (C=O) groups excluding carboxylic acids is 2. The molecule has 8 heteroatoms. The fourth-order valence-electron chi connectivity index (χ4n) is 2.36. The van der Waals surface area contributed by atoms with Crippen LogP contribution in [-0.2, 0) is 0 Å². The summed E-state index contributed by atoms with van der Waals surface area (Å²) < 4.78 is 5.32. The number of amides is 3. The van der Waals surface area contributed by atoms with Crippen LogP contribution in [0.2, 0.25) is 5.02 Å². The third-order valence-corrected chi connectivity index (χ3v) is 3.68. The Hall–Kier alpha value is -2.54. The molecule has 1 aliphatic rings. The van der Waals surface area contributed by atoms with E-state index in [4.69, 9.17) is 16.3 Å². The molecule has 7 nitrogen and oxygen atoms in total. The lowest BCUT2D eigenvalue weighted by atomic mass is 10.2. The van der Waals surface area contributed by atoms with Gasteiger partial charge in [0.25, 0.3) is 0 Å². The first-order valence-electron chi connectivity index (χ1n) is 7.20. The number of hydrogen-bond donors (Lipinski definition) is 2. The van der Waals surface area contributed by atoms with Crippen LogP contribution in [0.25, 0.3) is 10.9 Å². The lowest BCUT2D eigenvalue weighted by Gasteiger charge is -2.18. The van der Waals surface area contributed by atoms with E-state index in [0.29, 0.717) is 30.2 Å². The number of carbonyl (C=O) groups is 2. The van der Waals surface area contributed by atoms with E-state index in [9.17, 15) is 9.59 Å². The molecule has 0 saturated carbocycles. The number of ether oxygens (including phenoxy) is 1. The van der Waals surface area contributed by atoms with E-state index in [-0.39, 0.29) is 17.6 Å². The summed E-state index contributed by atoms with van der Waals surface area (Å²) in [6.07, 6.45) is -0.600. The number of rotatable bonds is 3. The van der Waals surface area contributed by atoms with Gasteiger partial charge < -0.3 is 15.4 Å². The highest BCUT2D eigenvalue weighted by atomic mass is 35.5. The number of anilines is 1. The maximum Gasteiger partial charge on any atom is 0.412 e. The third kappa shape index (κ3) is 3.00. The van der Waals surface area contributed by atoms with Crippen LogP contribution in [0.4, 0.5) is 15.4 Å². The lowest BCUT2D eigenvalue weighted by molar-refractivity contribution is 0.201. The summed E-state index contributed by atoms with van der Waals surface area (Å²) in [5.74, 6) is 0.481. The minimum absolute atomic E-state index is 0.211. The summed E-state index contributed by atoms with van der Waals surface area (Å²) in [5, 5.41) is 6.43. The third-order valence-electron chi connectivity index (χ3n) is 3.38. The molecule has 1 saturated heterocycles. The van der Waals surface area contributed by atoms with Crippen LogP contribution in [0.5, 0.6) is 5.75 Å². The summed E-state index contributed by atoms with van der Waals surface area (Å²) in [5.41, 5.74) is 0.548. The van der Waals surface area contributed by atoms with Crippen molar-refractivity contribution >= 4 is 40.4 Å². The zero-order chi connectivity index (χ0) is 16.4. The van der Waals surface area contributed by atoms with Gasteiger partial charge in [-0.1, -0.05) is 23.7 Å². The highest BCUT2D eigenvalue weighted by Gasteiger charge is 2.27. The van der Waals surface area contributed by atoms with Gasteiger partial charge in [-0.15, -0.1) is 0 Å². The zero-order valence-electron chi connectivity index (χ0n) is 12.4. The topological polar surface area (TPSA) is 83.6 Å². The molecule has 0 bridgehead atoms. The Labute approximate surface area is 137 Å². The van der Waals surface area contributed by atoms with Gasteiger partial charge in [-0.2, -0.15) is 0 Å². The summed E-state index contributed by atoms with van der Waals surface area (Å²) in [6.45, 7) is 3.16. The first kappa shape index (κ1) is 15.4. The average molecular weight is 335 g/mol. The Morgan fingerprint density at radius 2 is 2.35 bits per heavy atom. The number of nitrogens with one attached hydrogen (secondary N) is 2. The number of para-hydroxylation sites is 1. The number of halogens is 1. The Morgan fingerprint density at radius 1 is 1.52 bits per heavy atom. The summed E-state index contributed by atoms with van der Waals surface area (Å²) in [4.78, 5) is 29.6. The van der Waals surface area contributed by atoms with Gasteiger partial charge in [0.2, 0.25) is 0 Å². The van der Waals surface area contributed by atoms with E-state index in [2.05, 4.69) is 15.6 Å². The lowest BCUT2D eigenvalue weighted by Crippen LogP contribution is -2.31. The molecule has 0 radical (unpaired) electrons. The van der Waals surface area contributed by atoms with Gasteiger partial charge in [-0.25, -0.2) is 14.6 Å². The molecule has 0 atom stereocenters. The molecular weight excluding hydrogens is 320 g/mol. The van der Waals surface area contributed by atoms with Crippen molar-refractivity contribution in [2.45, 2.75) is 6.92 Å². The maximum absolute atomic E-state index is 11.9. The highest BCUT2D eigenvalue weighted by molar-refractivity contribution is 6.35. The number of pyridine rings is 1. The molecule has 0 unspecified atom stereocenters. The molecule has 2 aromatic rings. The number of aromatic nitrogens is 1. The van der Waals surface area contributed by atoms with Crippen molar-refractivity contribution < 1.29 is 14.3 Å². The van der Waals surface area contributed by atoms with E-state index in [0.717, 1.165) is 5.39 Å². The average Bonchev–Trinajstić information content (AvgIpc) is 2.93. The van der Waals surface area contributed by atoms with Gasteiger partial charge >= 0.3 is 12.1 Å². The van der Waals surface area contributed by atoms with Crippen molar-refractivity contribution in [1.82, 2.24) is 15.6 Å². The number of nitrogens with zero attached hydrogens (tertiary/aromatic N) is 2. The molecule has 0 spiro atoms. The number of benzene rings is 1. The summed E-state index contributed by atoms with van der Waals surface area (Å²) in [6, 6.07) is 6.68. The van der Waals surface area contributed by atoms with E-state index < -0.39 is 6.09 Å². The fourth-order valence-corrected chi connectivity index (χ4v) is 2.58. The predicted octanol–water partition coefficient (Wildman–Crippen LogP) is 2.53. The molecule has 23 heavy (non-hydrogen) atoms. The SMILES string of the molecule is CCNC(=O)Oc1cc2cccc(Cl)c2nc1N1CCNC1=O. The molecule has 120 valence electrons. The van der Waals surface area contributed by atoms with Crippen molar-refractivity contribution in [3.8, 4) is 5.75 Å². The number of fused-ring (bicyclic) bond motifs is 1. The van der Waals surface area contributed by atoms with Gasteiger partial charge in [0.05, 0.1) is 10.5 Å². The molecule has 0 aliphatic carbocycles. The van der Waals surface area contributed by atoms with E-state index in [1.165, 1.54) is 4.90 Å². The second-order valence-electron chi connectivity index (χ2n) is 4.93. The Kier molecular flexibility index (Phi) is 4.20. The van der Waals surface area contributed by atoms with E-state index >= 15 is 0 Å². The standard InChI is InChI=1S/C15H15ClN4O3/c1-2-17-15(22)23-11-8-9-4-3-5-10(16)12(9)19-13(11)20-7-6-18-14(20)21/h3-5,8H,2,6-7H2,1H3,(H,17,22)(H,18,21). The van der Waals surface area contributed by atoms with Crippen molar-refractivity contribution in [1.29, 1.82) is 0 Å². The normalized spacial score (nSPS) is 14.0. The van der Waals surface area contributed by atoms with Crippen LogP contribution in [0, 0.1) is 0 Å². The number of urea groups is 1. The van der Waals surface area contributed by atoms with Gasteiger partial charge in [0.1, 0.15) is 0 Å². The predicted molar refractivity (Wildman–Crippen MR) is 87.2 cm³/mol. The minimum atomic E-state index is -0.600. The molecule has 3 rings (SSSR count). The fraction of sp³-hybridized carbons (Fsp3) is 0.267. The Bertz CT molecular complexity index is 781. The van der Waals surface area contributed by atoms with Crippen LogP contribution < -0.4 is 20.3 Å². The molecule has 1 aromatic carbocycles. The Morgan fingerprint density at radius 3 is 3.04 bits per heavy atom. The molecule has 3 amide bonds. The maximum atomic E-state index is 11.9. The van der Waals surface area contributed by atoms with Crippen LogP contribution in [0.3, 0.4) is 0 Å². The molecule has 1 fully saturated rings. The quantitative estimate of drug-likeness (QED) is 0.903. The van der Waals surface area contributed by atoms with E-state index in [1.807, 2.05) is 6.07 Å². The van der Waals surface area contributed by atoms with Crippen LogP contribution >= 0.6 is 11.6 Å². The molecule has 2 N–H and O–H groups in total. The van der Waals surface area contributed by atoms with Crippen molar-refractivity contribution in [2.75, 3.05) is 24.5 Å². The number of hydrogen-bond acceptors (Lipinski definition) is 4. The molecule has 2 heterocycles. The Balaban J connectivity index is 2.10. The van der Waals surface area contributed by atoms with Crippen LogP contribution in [0.1, 0.15) is 6.92 Å². The minimum Gasteiger partial charge on any atom is -0.406 e. The van der Waals surface area contributed by atoms with Gasteiger partial charge in [0.15, 0.2) is 11.6 Å². The largest absolute Gasteiger partial charge is 0.412 e. The highest BCUT2D eigenvalue weighted by Crippen LogP contribution is 2.33. The van der Waals surface area contributed by atoms with Crippen LogP contribution in [-0.4, -0.2) is 36.7 Å². The second-order valence-corrected chi connectivity index (χ2v) is 5.33. The molecular formula is C15H15ClN4O3.